The van der Waals surface area contributed by atoms with E-state index in [0.717, 1.165) is 50.7 Å². The molecule has 1 aliphatic heterocycles. The molecule has 32 heavy (non-hydrogen) atoms. The number of benzene rings is 2. The molecule has 0 radical (unpaired) electrons. The Morgan fingerprint density at radius 2 is 1.66 bits per heavy atom. The highest BCUT2D eigenvalue weighted by Gasteiger charge is 2.34. The highest BCUT2D eigenvalue weighted by atomic mass is 16.5. The third-order valence-corrected chi connectivity index (χ3v) is 6.65. The van der Waals surface area contributed by atoms with Crippen molar-refractivity contribution >= 4 is 0 Å². The van der Waals surface area contributed by atoms with Crippen molar-refractivity contribution in [1.29, 1.82) is 0 Å². The monoisotopic (exact) mass is 434 g/mol. The lowest BCUT2D eigenvalue weighted by atomic mass is 9.99. The molecule has 4 rings (SSSR count). The third kappa shape index (κ3) is 4.69. The van der Waals surface area contributed by atoms with Gasteiger partial charge in [0.15, 0.2) is 5.82 Å². The van der Waals surface area contributed by atoms with Gasteiger partial charge in [0.1, 0.15) is 5.75 Å². The van der Waals surface area contributed by atoms with Crippen LogP contribution in [0.2, 0.25) is 0 Å². The van der Waals surface area contributed by atoms with Gasteiger partial charge >= 0.3 is 0 Å². The van der Waals surface area contributed by atoms with Gasteiger partial charge in [-0.1, -0.05) is 55.5 Å². The summed E-state index contributed by atoms with van der Waals surface area (Å²) in [5.74, 6) is 1.87. The van der Waals surface area contributed by atoms with Crippen LogP contribution in [0.3, 0.4) is 0 Å². The van der Waals surface area contributed by atoms with Gasteiger partial charge in [-0.3, -0.25) is 9.80 Å². The second kappa shape index (κ2) is 9.79. The zero-order chi connectivity index (χ0) is 22.6. The third-order valence-electron chi connectivity index (χ3n) is 6.65. The zero-order valence-corrected chi connectivity index (χ0v) is 19.6. The molecule has 1 unspecified atom stereocenters. The molecule has 0 N–H and O–H groups in total. The van der Waals surface area contributed by atoms with E-state index < -0.39 is 0 Å². The van der Waals surface area contributed by atoms with E-state index in [-0.39, 0.29) is 11.6 Å². The molecule has 0 bridgehead atoms. The predicted octanol–water partition coefficient (Wildman–Crippen LogP) is 3.73. The molecule has 0 amide bonds. The van der Waals surface area contributed by atoms with Gasteiger partial charge in [0.25, 0.3) is 0 Å². The molecule has 7 heteroatoms. The first-order valence-electron chi connectivity index (χ1n) is 11.5. The summed E-state index contributed by atoms with van der Waals surface area (Å²) in [6.07, 6.45) is 0.958. The normalized spacial score (nSPS) is 16.8. The van der Waals surface area contributed by atoms with Crippen molar-refractivity contribution in [3.8, 4) is 5.75 Å². The number of piperazine rings is 1. The second-order valence-electron chi connectivity index (χ2n) is 9.05. The summed E-state index contributed by atoms with van der Waals surface area (Å²) in [6, 6.07) is 18.9. The molecule has 2 aromatic carbocycles. The smallest absolute Gasteiger partial charge is 0.173 e. The van der Waals surface area contributed by atoms with Gasteiger partial charge in [-0.2, -0.15) is 0 Å². The average molecular weight is 435 g/mol. The van der Waals surface area contributed by atoms with Crippen LogP contribution in [-0.2, 0) is 12.1 Å². The van der Waals surface area contributed by atoms with Gasteiger partial charge in [0.2, 0.25) is 0 Å². The van der Waals surface area contributed by atoms with Gasteiger partial charge < -0.3 is 4.74 Å². The highest BCUT2D eigenvalue weighted by Crippen LogP contribution is 2.31. The van der Waals surface area contributed by atoms with Crippen molar-refractivity contribution in [2.75, 3.05) is 33.3 Å². The second-order valence-corrected chi connectivity index (χ2v) is 9.05. The number of methoxy groups -OCH3 is 1. The maximum Gasteiger partial charge on any atom is 0.173 e. The fourth-order valence-electron chi connectivity index (χ4n) is 4.36. The van der Waals surface area contributed by atoms with E-state index in [9.17, 15) is 0 Å². The summed E-state index contributed by atoms with van der Waals surface area (Å²) in [7, 11) is 1.74. The first kappa shape index (κ1) is 22.4. The van der Waals surface area contributed by atoms with Crippen LogP contribution in [0, 0.1) is 0 Å². The van der Waals surface area contributed by atoms with E-state index in [1.54, 1.807) is 7.11 Å². The molecule has 1 atom stereocenters. The lowest BCUT2D eigenvalue weighted by molar-refractivity contribution is 0.0967. The lowest BCUT2D eigenvalue weighted by Crippen LogP contribution is -2.48. The number of aromatic nitrogens is 4. The average Bonchev–Trinajstić information content (AvgIpc) is 3.32. The van der Waals surface area contributed by atoms with Crippen LogP contribution in [0.15, 0.2) is 54.6 Å². The Bertz CT molecular complexity index is 994. The van der Waals surface area contributed by atoms with Crippen molar-refractivity contribution in [3.63, 3.8) is 0 Å². The van der Waals surface area contributed by atoms with Crippen LogP contribution in [-0.4, -0.2) is 63.3 Å². The Hall–Kier alpha value is -2.77. The number of hydrogen-bond donors (Lipinski definition) is 0. The molecule has 0 aliphatic carbocycles. The van der Waals surface area contributed by atoms with Crippen LogP contribution in [0.1, 0.15) is 50.2 Å². The quantitative estimate of drug-likeness (QED) is 0.538. The van der Waals surface area contributed by atoms with Gasteiger partial charge in [-0.05, 0) is 42.3 Å². The van der Waals surface area contributed by atoms with Crippen LogP contribution in [0.4, 0.5) is 0 Å². The standard InChI is InChI=1S/C25H34N6O/c1-5-25(2,3)31-24(26-27-28-31)23(20-11-7-6-8-12-20)30-17-15-29(16-18-30)19-21-13-9-10-14-22(21)32-4/h6-14,23H,5,15-19H2,1-4H3. The lowest BCUT2D eigenvalue weighted by Gasteiger charge is -2.39. The Morgan fingerprint density at radius 1 is 0.969 bits per heavy atom. The van der Waals surface area contributed by atoms with E-state index in [0.29, 0.717) is 0 Å². The maximum atomic E-state index is 5.55. The Morgan fingerprint density at radius 3 is 2.34 bits per heavy atom. The molecule has 2 heterocycles. The van der Waals surface area contributed by atoms with Crippen molar-refractivity contribution in [2.24, 2.45) is 0 Å². The number of nitrogens with zero attached hydrogens (tertiary/aromatic N) is 6. The first-order chi connectivity index (χ1) is 15.5. The van der Waals surface area contributed by atoms with Crippen LogP contribution < -0.4 is 4.74 Å². The summed E-state index contributed by atoms with van der Waals surface area (Å²) in [4.78, 5) is 5.01. The van der Waals surface area contributed by atoms with Crippen LogP contribution >= 0.6 is 0 Å². The Kier molecular flexibility index (Phi) is 6.86. The van der Waals surface area contributed by atoms with E-state index in [4.69, 9.17) is 4.74 Å². The summed E-state index contributed by atoms with van der Waals surface area (Å²) in [5, 5.41) is 13.0. The zero-order valence-electron chi connectivity index (χ0n) is 19.6. The molecule has 0 saturated carbocycles. The Balaban J connectivity index is 1.55. The number of tetrazole rings is 1. The van der Waals surface area contributed by atoms with Crippen LogP contribution in [0.5, 0.6) is 5.75 Å². The van der Waals surface area contributed by atoms with Crippen molar-refractivity contribution < 1.29 is 4.74 Å². The number of para-hydroxylation sites is 1. The number of rotatable bonds is 8. The molecule has 3 aromatic rings. The van der Waals surface area contributed by atoms with Crippen LogP contribution in [0.25, 0.3) is 0 Å². The topological polar surface area (TPSA) is 59.3 Å². The molecule has 170 valence electrons. The largest absolute Gasteiger partial charge is 0.496 e. The van der Waals surface area contributed by atoms with Gasteiger partial charge in [0.05, 0.1) is 18.7 Å². The van der Waals surface area contributed by atoms with Crippen molar-refractivity contribution in [1.82, 2.24) is 30.0 Å². The summed E-state index contributed by atoms with van der Waals surface area (Å²) in [6.45, 7) is 11.3. The predicted molar refractivity (Wildman–Crippen MR) is 126 cm³/mol. The van der Waals surface area contributed by atoms with E-state index >= 15 is 0 Å². The first-order valence-corrected chi connectivity index (χ1v) is 11.5. The molecular weight excluding hydrogens is 400 g/mol. The van der Waals surface area contributed by atoms with Gasteiger partial charge in [-0.15, -0.1) is 5.10 Å². The molecule has 7 nitrogen and oxygen atoms in total. The highest BCUT2D eigenvalue weighted by molar-refractivity contribution is 5.33. The number of hydrogen-bond acceptors (Lipinski definition) is 6. The fraction of sp³-hybridized carbons (Fsp3) is 0.480. The molecule has 1 saturated heterocycles. The summed E-state index contributed by atoms with van der Waals surface area (Å²) in [5.41, 5.74) is 2.32. The molecule has 0 spiro atoms. The number of ether oxygens (including phenoxy) is 1. The fourth-order valence-corrected chi connectivity index (χ4v) is 4.36. The minimum atomic E-state index is -0.141. The molecule has 1 aliphatic rings. The van der Waals surface area contributed by atoms with Crippen molar-refractivity contribution in [3.05, 3.63) is 71.5 Å². The maximum absolute atomic E-state index is 5.55. The van der Waals surface area contributed by atoms with Gasteiger partial charge in [0, 0.05) is 38.3 Å². The molecule has 1 aromatic heterocycles. The summed E-state index contributed by atoms with van der Waals surface area (Å²) < 4.78 is 7.57. The van der Waals surface area contributed by atoms with Gasteiger partial charge in [-0.25, -0.2) is 4.68 Å². The summed E-state index contributed by atoms with van der Waals surface area (Å²) >= 11 is 0. The SMILES string of the molecule is CCC(C)(C)n1nnnc1C(c1ccccc1)N1CCN(Cc2ccccc2OC)CC1. The minimum absolute atomic E-state index is 0.0328. The molecule has 1 fully saturated rings. The van der Waals surface area contributed by atoms with E-state index in [2.05, 4.69) is 88.6 Å². The Labute approximate surface area is 191 Å². The minimum Gasteiger partial charge on any atom is -0.496 e. The molecular formula is C25H34N6O. The van der Waals surface area contributed by atoms with E-state index in [1.165, 1.54) is 11.1 Å². The van der Waals surface area contributed by atoms with E-state index in [1.807, 2.05) is 16.8 Å². The van der Waals surface area contributed by atoms with Crippen molar-refractivity contribution in [2.45, 2.75) is 45.3 Å².